The Morgan fingerprint density at radius 2 is 2.00 bits per heavy atom. The summed E-state index contributed by atoms with van der Waals surface area (Å²) in [6.07, 6.45) is 3.16. The van der Waals surface area contributed by atoms with Crippen LogP contribution in [-0.4, -0.2) is 15.7 Å². The first-order valence-corrected chi connectivity index (χ1v) is 6.94. The van der Waals surface area contributed by atoms with Crippen molar-refractivity contribution in [1.82, 2.24) is 9.78 Å². The monoisotopic (exact) mass is 304 g/mol. The van der Waals surface area contributed by atoms with Crippen LogP contribution in [0.3, 0.4) is 0 Å². The molecule has 1 aromatic heterocycles. The number of aryl methyl sites for hydroxylation is 2. The molecule has 110 valence electrons. The minimum absolute atomic E-state index is 0.228. The van der Waals surface area contributed by atoms with E-state index in [0.717, 1.165) is 22.5 Å². The lowest BCUT2D eigenvalue weighted by molar-refractivity contribution is -0.138. The Hall–Kier alpha value is -2.07. The number of hydrogen-bond acceptors (Lipinski definition) is 3. The van der Waals surface area contributed by atoms with Crippen LogP contribution in [0.2, 0.25) is 5.02 Å². The molecular weight excluding hydrogens is 288 g/mol. The molecule has 1 aromatic carbocycles. The largest absolute Gasteiger partial charge is 0.458 e. The van der Waals surface area contributed by atoms with Crippen LogP contribution in [0.5, 0.6) is 0 Å². The van der Waals surface area contributed by atoms with Gasteiger partial charge in [0.1, 0.15) is 6.61 Å². The number of benzene rings is 1. The second-order valence-corrected chi connectivity index (χ2v) is 5.21. The van der Waals surface area contributed by atoms with Gasteiger partial charge >= 0.3 is 5.97 Å². The van der Waals surface area contributed by atoms with Gasteiger partial charge in [-0.05, 0) is 37.6 Å². The molecule has 0 aliphatic carbocycles. The Labute approximate surface area is 129 Å². The lowest BCUT2D eigenvalue weighted by Gasteiger charge is -2.02. The van der Waals surface area contributed by atoms with E-state index in [1.54, 1.807) is 22.9 Å². The third kappa shape index (κ3) is 3.95. The molecule has 1 heterocycles. The normalized spacial score (nSPS) is 11.0. The molecule has 2 rings (SSSR count). The van der Waals surface area contributed by atoms with E-state index in [-0.39, 0.29) is 12.6 Å². The number of ether oxygens (including phenoxy) is 1. The van der Waals surface area contributed by atoms with Gasteiger partial charge in [-0.25, -0.2) is 4.79 Å². The topological polar surface area (TPSA) is 44.1 Å². The van der Waals surface area contributed by atoms with Gasteiger partial charge in [-0.3, -0.25) is 4.68 Å². The smallest absolute Gasteiger partial charge is 0.331 e. The van der Waals surface area contributed by atoms with Crippen LogP contribution in [-0.2, 0) is 23.2 Å². The van der Waals surface area contributed by atoms with Crippen molar-refractivity contribution in [2.75, 3.05) is 0 Å². The molecule has 0 N–H and O–H groups in total. The van der Waals surface area contributed by atoms with Crippen molar-refractivity contribution in [2.24, 2.45) is 7.05 Å². The summed E-state index contributed by atoms with van der Waals surface area (Å²) >= 11 is 5.80. The fourth-order valence-electron chi connectivity index (χ4n) is 1.97. The molecule has 0 unspecified atom stereocenters. The first-order valence-electron chi connectivity index (χ1n) is 6.57. The molecule has 0 atom stereocenters. The van der Waals surface area contributed by atoms with Crippen molar-refractivity contribution < 1.29 is 9.53 Å². The SMILES string of the molecule is Cc1nn(C)c(C)c1/C=C/C(=O)OCc1ccc(Cl)cc1. The van der Waals surface area contributed by atoms with Crippen LogP contribution in [0.1, 0.15) is 22.5 Å². The summed E-state index contributed by atoms with van der Waals surface area (Å²) in [7, 11) is 1.87. The minimum Gasteiger partial charge on any atom is -0.458 e. The molecular formula is C16H17ClN2O2. The number of halogens is 1. The van der Waals surface area contributed by atoms with Crippen LogP contribution in [0, 0.1) is 13.8 Å². The zero-order valence-corrected chi connectivity index (χ0v) is 13.0. The van der Waals surface area contributed by atoms with Crippen molar-refractivity contribution in [2.45, 2.75) is 20.5 Å². The first-order chi connectivity index (χ1) is 9.97. The predicted molar refractivity (Wildman–Crippen MR) is 83.0 cm³/mol. The highest BCUT2D eigenvalue weighted by atomic mass is 35.5. The highest BCUT2D eigenvalue weighted by Gasteiger charge is 2.07. The van der Waals surface area contributed by atoms with Gasteiger partial charge in [0.15, 0.2) is 0 Å². The number of aromatic nitrogens is 2. The summed E-state index contributed by atoms with van der Waals surface area (Å²) in [6, 6.07) is 7.19. The number of nitrogens with zero attached hydrogens (tertiary/aromatic N) is 2. The number of rotatable bonds is 4. The fraction of sp³-hybridized carbons (Fsp3) is 0.250. The Balaban J connectivity index is 1.95. The average Bonchev–Trinajstić information content (AvgIpc) is 2.69. The molecule has 0 aliphatic heterocycles. The average molecular weight is 305 g/mol. The fourth-order valence-corrected chi connectivity index (χ4v) is 2.09. The second kappa shape index (κ2) is 6.59. The van der Waals surface area contributed by atoms with E-state index in [0.29, 0.717) is 5.02 Å². The third-order valence-corrected chi connectivity index (χ3v) is 3.50. The van der Waals surface area contributed by atoms with Crippen molar-refractivity contribution in [3.63, 3.8) is 0 Å². The van der Waals surface area contributed by atoms with E-state index in [1.807, 2.05) is 33.0 Å². The lowest BCUT2D eigenvalue weighted by Crippen LogP contribution is -2.00. The van der Waals surface area contributed by atoms with Crippen molar-refractivity contribution in [3.8, 4) is 0 Å². The van der Waals surface area contributed by atoms with Crippen LogP contribution in [0.15, 0.2) is 30.3 Å². The van der Waals surface area contributed by atoms with Gasteiger partial charge in [0.05, 0.1) is 5.69 Å². The number of carbonyl (C=O) groups is 1. The van der Waals surface area contributed by atoms with Gasteiger partial charge in [-0.15, -0.1) is 0 Å². The maximum absolute atomic E-state index is 11.7. The van der Waals surface area contributed by atoms with E-state index < -0.39 is 0 Å². The minimum atomic E-state index is -0.382. The van der Waals surface area contributed by atoms with Gasteiger partial charge in [-0.2, -0.15) is 5.10 Å². The van der Waals surface area contributed by atoms with Gasteiger partial charge < -0.3 is 4.74 Å². The molecule has 0 saturated heterocycles. The Bertz CT molecular complexity index is 672. The van der Waals surface area contributed by atoms with E-state index in [4.69, 9.17) is 16.3 Å². The second-order valence-electron chi connectivity index (χ2n) is 4.78. The zero-order chi connectivity index (χ0) is 15.4. The molecule has 5 heteroatoms. The van der Waals surface area contributed by atoms with E-state index in [1.165, 1.54) is 6.08 Å². The zero-order valence-electron chi connectivity index (χ0n) is 12.3. The third-order valence-electron chi connectivity index (χ3n) is 3.25. The Morgan fingerprint density at radius 3 is 2.57 bits per heavy atom. The van der Waals surface area contributed by atoms with E-state index >= 15 is 0 Å². The maximum Gasteiger partial charge on any atom is 0.331 e. The van der Waals surface area contributed by atoms with Crippen LogP contribution in [0.25, 0.3) is 6.08 Å². The number of carbonyl (C=O) groups excluding carboxylic acids is 1. The number of hydrogen-bond donors (Lipinski definition) is 0. The summed E-state index contributed by atoms with van der Waals surface area (Å²) in [4.78, 5) is 11.7. The van der Waals surface area contributed by atoms with Crippen molar-refractivity contribution in [1.29, 1.82) is 0 Å². The van der Waals surface area contributed by atoms with E-state index in [2.05, 4.69) is 5.10 Å². The molecule has 0 amide bonds. The Kier molecular flexibility index (Phi) is 4.81. The molecule has 21 heavy (non-hydrogen) atoms. The highest BCUT2D eigenvalue weighted by molar-refractivity contribution is 6.30. The molecule has 0 bridgehead atoms. The van der Waals surface area contributed by atoms with Gasteiger partial charge in [-0.1, -0.05) is 23.7 Å². The Morgan fingerprint density at radius 1 is 1.33 bits per heavy atom. The first kappa shape index (κ1) is 15.3. The summed E-state index contributed by atoms with van der Waals surface area (Å²) in [5.74, 6) is -0.382. The van der Waals surface area contributed by atoms with E-state index in [9.17, 15) is 4.79 Å². The molecule has 0 aliphatic rings. The summed E-state index contributed by atoms with van der Waals surface area (Å²) in [5, 5.41) is 4.95. The summed E-state index contributed by atoms with van der Waals surface area (Å²) in [5.41, 5.74) is 3.74. The maximum atomic E-state index is 11.7. The molecule has 0 radical (unpaired) electrons. The standard InChI is InChI=1S/C16H17ClN2O2/c1-11-15(12(2)19(3)18-11)8-9-16(20)21-10-13-4-6-14(17)7-5-13/h4-9H,10H2,1-3H3/b9-8+. The lowest BCUT2D eigenvalue weighted by atomic mass is 10.2. The van der Waals surface area contributed by atoms with Crippen LogP contribution in [0.4, 0.5) is 0 Å². The van der Waals surface area contributed by atoms with Gasteiger partial charge in [0.25, 0.3) is 0 Å². The van der Waals surface area contributed by atoms with Crippen LogP contribution < -0.4 is 0 Å². The molecule has 2 aromatic rings. The summed E-state index contributed by atoms with van der Waals surface area (Å²) < 4.78 is 6.97. The van der Waals surface area contributed by atoms with Gasteiger partial charge in [0.2, 0.25) is 0 Å². The quantitative estimate of drug-likeness (QED) is 0.642. The van der Waals surface area contributed by atoms with Crippen molar-refractivity contribution in [3.05, 3.63) is 57.9 Å². The molecule has 0 spiro atoms. The van der Waals surface area contributed by atoms with Gasteiger partial charge in [0, 0.05) is 29.4 Å². The number of esters is 1. The van der Waals surface area contributed by atoms with Crippen molar-refractivity contribution >= 4 is 23.6 Å². The molecule has 0 fully saturated rings. The highest BCUT2D eigenvalue weighted by Crippen LogP contribution is 2.14. The predicted octanol–water partition coefficient (Wildman–Crippen LogP) is 3.45. The molecule has 0 saturated carbocycles. The summed E-state index contributed by atoms with van der Waals surface area (Å²) in [6.45, 7) is 4.09. The molecule has 4 nitrogen and oxygen atoms in total. The van der Waals surface area contributed by atoms with Crippen LogP contribution >= 0.6 is 11.6 Å².